The summed E-state index contributed by atoms with van der Waals surface area (Å²) in [4.78, 5) is 12.3. The molecule has 1 heterocycles. The Morgan fingerprint density at radius 1 is 1.20 bits per heavy atom. The van der Waals surface area contributed by atoms with Crippen molar-refractivity contribution in [2.75, 3.05) is 5.32 Å². The van der Waals surface area contributed by atoms with Gasteiger partial charge in [-0.25, -0.2) is 0 Å². The van der Waals surface area contributed by atoms with Crippen molar-refractivity contribution in [2.24, 2.45) is 0 Å². The summed E-state index contributed by atoms with van der Waals surface area (Å²) in [5.74, 6) is -0.493. The number of amides is 1. The molecular weight excluding hydrogens is 355 g/mol. The van der Waals surface area contributed by atoms with Crippen molar-refractivity contribution in [2.45, 2.75) is 19.6 Å². The van der Waals surface area contributed by atoms with Crippen LogP contribution >= 0.6 is 11.6 Å². The molecule has 0 radical (unpaired) electrons. The number of hydrogen-bond acceptors (Lipinski definition) is 2. The molecule has 0 bridgehead atoms. The first kappa shape index (κ1) is 17.3. The third kappa shape index (κ3) is 3.46. The van der Waals surface area contributed by atoms with Gasteiger partial charge in [-0.3, -0.25) is 9.48 Å². The largest absolute Gasteiger partial charge is 0.436 e. The minimum atomic E-state index is -4.67. The third-order valence-electron chi connectivity index (χ3n) is 3.76. The van der Waals surface area contributed by atoms with E-state index >= 15 is 0 Å². The van der Waals surface area contributed by atoms with E-state index in [0.717, 1.165) is 15.5 Å². The fourth-order valence-electron chi connectivity index (χ4n) is 2.52. The zero-order valence-corrected chi connectivity index (χ0v) is 13.8. The Kier molecular flexibility index (Phi) is 4.43. The van der Waals surface area contributed by atoms with Crippen LogP contribution in [0.5, 0.6) is 0 Å². The van der Waals surface area contributed by atoms with Crippen LogP contribution in [0.1, 0.15) is 11.4 Å². The first-order chi connectivity index (χ1) is 11.8. The van der Waals surface area contributed by atoms with E-state index in [1.807, 2.05) is 30.3 Å². The number of nitrogens with zero attached hydrogens (tertiary/aromatic N) is 2. The van der Waals surface area contributed by atoms with E-state index in [0.29, 0.717) is 5.69 Å². The maximum atomic E-state index is 12.8. The van der Waals surface area contributed by atoms with Gasteiger partial charge in [0.1, 0.15) is 6.54 Å². The Labute approximate surface area is 146 Å². The molecule has 4 nitrogen and oxygen atoms in total. The Morgan fingerprint density at radius 2 is 1.88 bits per heavy atom. The molecule has 0 aliphatic heterocycles. The maximum absolute atomic E-state index is 12.8. The molecule has 8 heteroatoms. The lowest BCUT2D eigenvalue weighted by molar-refractivity contribution is -0.141. The molecule has 1 aromatic heterocycles. The lowest BCUT2D eigenvalue weighted by Gasteiger charge is -2.09. The monoisotopic (exact) mass is 367 g/mol. The maximum Gasteiger partial charge on any atom is 0.436 e. The van der Waals surface area contributed by atoms with Gasteiger partial charge in [-0.2, -0.15) is 18.3 Å². The Morgan fingerprint density at radius 3 is 2.56 bits per heavy atom. The fourth-order valence-corrected chi connectivity index (χ4v) is 2.76. The van der Waals surface area contributed by atoms with E-state index in [2.05, 4.69) is 10.4 Å². The predicted octanol–water partition coefficient (Wildman–Crippen LogP) is 4.66. The van der Waals surface area contributed by atoms with Crippen LogP contribution in [0.3, 0.4) is 0 Å². The van der Waals surface area contributed by atoms with Gasteiger partial charge >= 0.3 is 6.18 Å². The number of hydrogen-bond donors (Lipinski definition) is 1. The third-order valence-corrected chi connectivity index (χ3v) is 4.21. The molecule has 0 spiro atoms. The summed E-state index contributed by atoms with van der Waals surface area (Å²) in [7, 11) is 0. The normalized spacial score (nSPS) is 11.7. The van der Waals surface area contributed by atoms with Crippen LogP contribution in [-0.2, 0) is 17.5 Å². The number of rotatable bonds is 3. The molecule has 3 rings (SSSR count). The molecule has 130 valence electrons. The van der Waals surface area contributed by atoms with Gasteiger partial charge in [-0.05, 0) is 18.4 Å². The molecule has 0 saturated carbocycles. The molecule has 0 aliphatic rings. The lowest BCUT2D eigenvalue weighted by atomic mass is 10.1. The van der Waals surface area contributed by atoms with Gasteiger partial charge in [0.25, 0.3) is 0 Å². The molecule has 0 atom stereocenters. The van der Waals surface area contributed by atoms with Gasteiger partial charge in [0, 0.05) is 11.1 Å². The summed E-state index contributed by atoms with van der Waals surface area (Å²) in [6.45, 7) is 1.01. The number of carbonyl (C=O) groups is 1. The van der Waals surface area contributed by atoms with Crippen LogP contribution in [0.4, 0.5) is 18.9 Å². The molecule has 3 aromatic rings. The number of anilines is 1. The van der Waals surface area contributed by atoms with E-state index in [9.17, 15) is 18.0 Å². The van der Waals surface area contributed by atoms with E-state index in [1.54, 1.807) is 12.1 Å². The second-order valence-corrected chi connectivity index (χ2v) is 5.86. The summed E-state index contributed by atoms with van der Waals surface area (Å²) in [5.41, 5.74) is -0.526. The average Bonchev–Trinajstić information content (AvgIpc) is 2.83. The second-order valence-electron chi connectivity index (χ2n) is 5.48. The Bertz CT molecular complexity index is 945. The van der Waals surface area contributed by atoms with E-state index in [1.165, 1.54) is 6.92 Å². The van der Waals surface area contributed by atoms with Crippen molar-refractivity contribution >= 4 is 34.0 Å². The number of carbonyl (C=O) groups excluding carboxylic acids is 1. The first-order valence-corrected chi connectivity index (χ1v) is 7.73. The topological polar surface area (TPSA) is 46.9 Å². The van der Waals surface area contributed by atoms with Gasteiger partial charge in [0.05, 0.1) is 10.7 Å². The second kappa shape index (κ2) is 6.40. The molecule has 2 aromatic carbocycles. The summed E-state index contributed by atoms with van der Waals surface area (Å²) in [6.07, 6.45) is -4.67. The molecule has 0 unspecified atom stereocenters. The Hall–Kier alpha value is -2.54. The molecule has 1 amide bonds. The fraction of sp³-hybridized carbons (Fsp3) is 0.176. The van der Waals surface area contributed by atoms with Crippen molar-refractivity contribution in [1.29, 1.82) is 0 Å². The minimum absolute atomic E-state index is 0.0852. The SMILES string of the molecule is Cc1c(Cl)c(C(F)(F)F)nn1CC(=O)Nc1cccc2ccccc12. The van der Waals surface area contributed by atoms with E-state index in [4.69, 9.17) is 11.6 Å². The Balaban J connectivity index is 1.84. The number of benzene rings is 2. The highest BCUT2D eigenvalue weighted by Crippen LogP contribution is 2.35. The quantitative estimate of drug-likeness (QED) is 0.732. The van der Waals surface area contributed by atoms with Crippen LogP contribution < -0.4 is 5.32 Å². The zero-order chi connectivity index (χ0) is 18.2. The summed E-state index contributed by atoms with van der Waals surface area (Å²) >= 11 is 5.69. The molecule has 0 aliphatic carbocycles. The first-order valence-electron chi connectivity index (χ1n) is 7.35. The van der Waals surface area contributed by atoms with Crippen molar-refractivity contribution < 1.29 is 18.0 Å². The summed E-state index contributed by atoms with van der Waals surface area (Å²) in [5, 5.41) is 7.41. The van der Waals surface area contributed by atoms with Crippen LogP contribution in [0.15, 0.2) is 42.5 Å². The summed E-state index contributed by atoms with van der Waals surface area (Å²) in [6, 6.07) is 12.9. The van der Waals surface area contributed by atoms with Gasteiger partial charge in [0.2, 0.25) is 5.91 Å². The number of nitrogens with one attached hydrogen (secondary N) is 1. The molecular formula is C17H13ClF3N3O. The molecule has 1 N–H and O–H groups in total. The molecule has 0 fully saturated rings. The number of aromatic nitrogens is 2. The molecule has 0 saturated heterocycles. The standard InChI is InChI=1S/C17H13ClF3N3O/c1-10-15(18)16(17(19,20)21)23-24(10)9-14(25)22-13-8-4-6-11-5-2-3-7-12(11)13/h2-8H,9H2,1H3,(H,22,25). The highest BCUT2D eigenvalue weighted by molar-refractivity contribution is 6.32. The molecule has 25 heavy (non-hydrogen) atoms. The van der Waals surface area contributed by atoms with Gasteiger partial charge in [-0.15, -0.1) is 0 Å². The number of fused-ring (bicyclic) bond motifs is 1. The van der Waals surface area contributed by atoms with Crippen molar-refractivity contribution in [3.8, 4) is 0 Å². The smallest absolute Gasteiger partial charge is 0.324 e. The van der Waals surface area contributed by atoms with E-state index < -0.39 is 22.8 Å². The lowest BCUT2D eigenvalue weighted by Crippen LogP contribution is -2.21. The van der Waals surface area contributed by atoms with E-state index in [-0.39, 0.29) is 12.2 Å². The minimum Gasteiger partial charge on any atom is -0.324 e. The van der Waals surface area contributed by atoms with Gasteiger partial charge in [0.15, 0.2) is 5.69 Å². The average molecular weight is 368 g/mol. The van der Waals surface area contributed by atoms with Crippen LogP contribution in [0.25, 0.3) is 10.8 Å². The number of halogens is 4. The van der Waals surface area contributed by atoms with Crippen molar-refractivity contribution in [3.05, 3.63) is 58.9 Å². The predicted molar refractivity (Wildman–Crippen MR) is 89.6 cm³/mol. The highest BCUT2D eigenvalue weighted by Gasteiger charge is 2.38. The zero-order valence-electron chi connectivity index (χ0n) is 13.1. The highest BCUT2D eigenvalue weighted by atomic mass is 35.5. The van der Waals surface area contributed by atoms with Gasteiger partial charge < -0.3 is 5.32 Å². The number of alkyl halides is 3. The van der Waals surface area contributed by atoms with Crippen LogP contribution in [-0.4, -0.2) is 15.7 Å². The van der Waals surface area contributed by atoms with Crippen molar-refractivity contribution in [3.63, 3.8) is 0 Å². The van der Waals surface area contributed by atoms with Crippen LogP contribution in [0.2, 0.25) is 5.02 Å². The summed E-state index contributed by atoms with van der Waals surface area (Å²) < 4.78 is 39.5. The van der Waals surface area contributed by atoms with Gasteiger partial charge in [-0.1, -0.05) is 48.0 Å². The van der Waals surface area contributed by atoms with Crippen LogP contribution in [0, 0.1) is 6.92 Å². The van der Waals surface area contributed by atoms with Crippen molar-refractivity contribution in [1.82, 2.24) is 9.78 Å².